The predicted octanol–water partition coefficient (Wildman–Crippen LogP) is 6.28. The predicted molar refractivity (Wildman–Crippen MR) is 91.5 cm³/mol. The third-order valence-electron chi connectivity index (χ3n) is 4.31. The molecule has 0 aliphatic heterocycles. The van der Waals surface area contributed by atoms with Gasteiger partial charge in [-0.2, -0.15) is 0 Å². The summed E-state index contributed by atoms with van der Waals surface area (Å²) < 4.78 is 5.33. The lowest BCUT2D eigenvalue weighted by molar-refractivity contribution is -0.148. The molecule has 0 amide bonds. The van der Waals surface area contributed by atoms with Gasteiger partial charge in [0.05, 0.1) is 12.5 Å². The van der Waals surface area contributed by atoms with Crippen LogP contribution in [0.2, 0.25) is 0 Å². The Morgan fingerprint density at radius 3 is 1.57 bits per heavy atom. The molecule has 0 aliphatic carbocycles. The molecule has 2 heteroatoms. The summed E-state index contributed by atoms with van der Waals surface area (Å²) in [6.45, 7) is 6.99. The lowest BCUT2D eigenvalue weighted by Crippen LogP contribution is -2.16. The van der Waals surface area contributed by atoms with E-state index in [1.807, 2.05) is 0 Å². The van der Waals surface area contributed by atoms with E-state index in [1.165, 1.54) is 64.2 Å². The molecule has 0 bridgehead atoms. The summed E-state index contributed by atoms with van der Waals surface area (Å²) >= 11 is 0. The molecule has 0 fully saturated rings. The molecule has 0 atom stereocenters. The molecule has 0 saturated heterocycles. The standard InChI is InChI=1S/C19H38O2/c1-4-7-8-9-10-11-12-13-14-15-16-17-21-19(20)18(5-2)6-3/h18H,4-17H2,1-3H3. The Morgan fingerprint density at radius 2 is 1.14 bits per heavy atom. The molecule has 0 heterocycles. The molecule has 0 aromatic rings. The normalized spacial score (nSPS) is 11.0. The molecule has 0 radical (unpaired) electrons. The van der Waals surface area contributed by atoms with Crippen molar-refractivity contribution < 1.29 is 9.53 Å². The number of esters is 1. The molecule has 0 spiro atoms. The minimum absolute atomic E-state index is 0.00655. The maximum atomic E-state index is 11.7. The van der Waals surface area contributed by atoms with Crippen LogP contribution in [0, 0.1) is 5.92 Å². The highest BCUT2D eigenvalue weighted by atomic mass is 16.5. The number of hydrogen-bond acceptors (Lipinski definition) is 2. The first-order valence-electron chi connectivity index (χ1n) is 9.42. The quantitative estimate of drug-likeness (QED) is 0.263. The van der Waals surface area contributed by atoms with Crippen LogP contribution in [0.15, 0.2) is 0 Å². The van der Waals surface area contributed by atoms with Gasteiger partial charge in [-0.25, -0.2) is 0 Å². The lowest BCUT2D eigenvalue weighted by Gasteiger charge is -2.11. The van der Waals surface area contributed by atoms with Crippen molar-refractivity contribution in [1.29, 1.82) is 0 Å². The van der Waals surface area contributed by atoms with Crippen LogP contribution in [0.25, 0.3) is 0 Å². The molecule has 0 aromatic heterocycles. The SMILES string of the molecule is CCCCCCCCCCCCCOC(=O)C(CC)CC. The molecule has 126 valence electrons. The highest BCUT2D eigenvalue weighted by molar-refractivity contribution is 5.72. The van der Waals surface area contributed by atoms with Crippen LogP contribution in [0.4, 0.5) is 0 Å². The van der Waals surface area contributed by atoms with Crippen molar-refractivity contribution in [3.05, 3.63) is 0 Å². The van der Waals surface area contributed by atoms with Crippen LogP contribution in [0.5, 0.6) is 0 Å². The highest BCUT2D eigenvalue weighted by Gasteiger charge is 2.14. The highest BCUT2D eigenvalue weighted by Crippen LogP contribution is 2.12. The molecular formula is C19H38O2. The van der Waals surface area contributed by atoms with Crippen LogP contribution in [0.3, 0.4) is 0 Å². The van der Waals surface area contributed by atoms with Gasteiger partial charge in [-0.15, -0.1) is 0 Å². The maximum Gasteiger partial charge on any atom is 0.308 e. The third-order valence-corrected chi connectivity index (χ3v) is 4.31. The van der Waals surface area contributed by atoms with E-state index in [2.05, 4.69) is 20.8 Å². The third kappa shape index (κ3) is 12.9. The van der Waals surface area contributed by atoms with E-state index >= 15 is 0 Å². The number of rotatable bonds is 15. The Bertz CT molecular complexity index is 222. The van der Waals surface area contributed by atoms with Crippen LogP contribution in [-0.2, 0) is 9.53 Å². The average Bonchev–Trinajstić information content (AvgIpc) is 2.49. The molecule has 0 unspecified atom stereocenters. The second-order valence-corrected chi connectivity index (χ2v) is 6.22. The number of unbranched alkanes of at least 4 members (excludes halogenated alkanes) is 10. The molecule has 0 aromatic carbocycles. The zero-order chi connectivity index (χ0) is 15.8. The van der Waals surface area contributed by atoms with Crippen LogP contribution >= 0.6 is 0 Å². The number of carbonyl (C=O) groups is 1. The van der Waals surface area contributed by atoms with Crippen LogP contribution < -0.4 is 0 Å². The van der Waals surface area contributed by atoms with Crippen molar-refractivity contribution in [2.75, 3.05) is 6.61 Å². The van der Waals surface area contributed by atoms with Crippen molar-refractivity contribution in [2.45, 2.75) is 104 Å². The van der Waals surface area contributed by atoms with Crippen molar-refractivity contribution >= 4 is 5.97 Å². The molecule has 0 N–H and O–H groups in total. The number of carbonyl (C=O) groups excluding carboxylic acids is 1. The van der Waals surface area contributed by atoms with Gasteiger partial charge in [-0.05, 0) is 19.3 Å². The Labute approximate surface area is 133 Å². The Kier molecular flexibility index (Phi) is 15.5. The summed E-state index contributed by atoms with van der Waals surface area (Å²) in [4.78, 5) is 11.7. The average molecular weight is 299 g/mol. The summed E-state index contributed by atoms with van der Waals surface area (Å²) in [5, 5.41) is 0. The monoisotopic (exact) mass is 298 g/mol. The molecule has 0 rings (SSSR count). The van der Waals surface area contributed by atoms with E-state index in [0.717, 1.165) is 19.3 Å². The van der Waals surface area contributed by atoms with Crippen LogP contribution in [0.1, 0.15) is 104 Å². The van der Waals surface area contributed by atoms with Gasteiger partial charge in [0.25, 0.3) is 0 Å². The molecular weight excluding hydrogens is 260 g/mol. The minimum atomic E-state index is 0.00655. The van der Waals surface area contributed by atoms with Crippen LogP contribution in [-0.4, -0.2) is 12.6 Å². The van der Waals surface area contributed by atoms with Gasteiger partial charge in [0.15, 0.2) is 0 Å². The van der Waals surface area contributed by atoms with E-state index in [-0.39, 0.29) is 11.9 Å². The topological polar surface area (TPSA) is 26.3 Å². The maximum absolute atomic E-state index is 11.7. The van der Waals surface area contributed by atoms with E-state index in [4.69, 9.17) is 4.74 Å². The summed E-state index contributed by atoms with van der Waals surface area (Å²) in [5.41, 5.74) is 0. The first-order chi connectivity index (χ1) is 10.3. The summed E-state index contributed by atoms with van der Waals surface area (Å²) in [6, 6.07) is 0. The first kappa shape index (κ1) is 20.5. The minimum Gasteiger partial charge on any atom is -0.465 e. The van der Waals surface area contributed by atoms with E-state index in [0.29, 0.717) is 6.61 Å². The van der Waals surface area contributed by atoms with Crippen molar-refractivity contribution in [1.82, 2.24) is 0 Å². The molecule has 0 saturated carbocycles. The number of ether oxygens (including phenoxy) is 1. The van der Waals surface area contributed by atoms with Crippen molar-refractivity contribution in [3.8, 4) is 0 Å². The fourth-order valence-electron chi connectivity index (χ4n) is 2.68. The Morgan fingerprint density at radius 1 is 0.714 bits per heavy atom. The largest absolute Gasteiger partial charge is 0.465 e. The fourth-order valence-corrected chi connectivity index (χ4v) is 2.68. The van der Waals surface area contributed by atoms with Gasteiger partial charge in [0.2, 0.25) is 0 Å². The first-order valence-corrected chi connectivity index (χ1v) is 9.42. The zero-order valence-corrected chi connectivity index (χ0v) is 14.8. The van der Waals surface area contributed by atoms with Gasteiger partial charge >= 0.3 is 5.97 Å². The number of hydrogen-bond donors (Lipinski definition) is 0. The van der Waals surface area contributed by atoms with Gasteiger partial charge in [-0.1, -0.05) is 85.0 Å². The van der Waals surface area contributed by atoms with Crippen molar-refractivity contribution in [3.63, 3.8) is 0 Å². The molecule has 0 aliphatic rings. The summed E-state index contributed by atoms with van der Waals surface area (Å²) in [7, 11) is 0. The van der Waals surface area contributed by atoms with E-state index in [1.54, 1.807) is 0 Å². The summed E-state index contributed by atoms with van der Waals surface area (Å²) in [5.74, 6) is 0.116. The summed E-state index contributed by atoms with van der Waals surface area (Å²) in [6.07, 6.45) is 16.4. The second-order valence-electron chi connectivity index (χ2n) is 6.22. The Hall–Kier alpha value is -0.530. The van der Waals surface area contributed by atoms with Gasteiger partial charge in [-0.3, -0.25) is 4.79 Å². The Balaban J connectivity index is 3.20. The van der Waals surface area contributed by atoms with Gasteiger partial charge in [0.1, 0.15) is 0 Å². The second kappa shape index (κ2) is 15.9. The van der Waals surface area contributed by atoms with Gasteiger partial charge in [0, 0.05) is 0 Å². The smallest absolute Gasteiger partial charge is 0.308 e. The van der Waals surface area contributed by atoms with Gasteiger partial charge < -0.3 is 4.74 Å². The van der Waals surface area contributed by atoms with E-state index in [9.17, 15) is 4.79 Å². The molecule has 21 heavy (non-hydrogen) atoms. The lowest BCUT2D eigenvalue weighted by atomic mass is 10.0. The molecule has 2 nitrogen and oxygen atoms in total. The zero-order valence-electron chi connectivity index (χ0n) is 14.8. The van der Waals surface area contributed by atoms with E-state index < -0.39 is 0 Å². The fraction of sp³-hybridized carbons (Fsp3) is 0.947. The van der Waals surface area contributed by atoms with Crippen molar-refractivity contribution in [2.24, 2.45) is 5.92 Å².